The summed E-state index contributed by atoms with van der Waals surface area (Å²) >= 11 is 0. The molecule has 0 bridgehead atoms. The van der Waals surface area contributed by atoms with Gasteiger partial charge in [-0.15, -0.1) is 0 Å². The van der Waals surface area contributed by atoms with Crippen molar-refractivity contribution in [3.63, 3.8) is 0 Å². The van der Waals surface area contributed by atoms with Gasteiger partial charge in [-0.05, 0) is 24.1 Å². The molecule has 0 saturated heterocycles. The first-order valence-electron chi connectivity index (χ1n) is 4.90. The Morgan fingerprint density at radius 2 is 1.69 bits per heavy atom. The van der Waals surface area contributed by atoms with Crippen LogP contribution in [0.2, 0.25) is 0 Å². The van der Waals surface area contributed by atoms with E-state index in [1.807, 2.05) is 18.2 Å². The van der Waals surface area contributed by atoms with Crippen molar-refractivity contribution in [2.75, 3.05) is 21.3 Å². The zero-order chi connectivity index (χ0) is 12.4. The van der Waals surface area contributed by atoms with Gasteiger partial charge in [0.25, 0.3) is 6.47 Å². The van der Waals surface area contributed by atoms with Crippen LogP contribution in [0.1, 0.15) is 12.5 Å². The van der Waals surface area contributed by atoms with Gasteiger partial charge in [-0.3, -0.25) is 4.79 Å². The first-order valence-corrected chi connectivity index (χ1v) is 4.90. The highest BCUT2D eigenvalue weighted by atomic mass is 16.5. The molecule has 0 aliphatic carbocycles. The number of ether oxygens (including phenoxy) is 3. The number of carbonyl (C=O) groups is 1. The van der Waals surface area contributed by atoms with Gasteiger partial charge in [0.05, 0.1) is 21.3 Å². The second-order valence-corrected chi connectivity index (χ2v) is 2.87. The van der Waals surface area contributed by atoms with Gasteiger partial charge in [0.15, 0.2) is 11.5 Å². The molecule has 0 atom stereocenters. The van der Waals surface area contributed by atoms with E-state index >= 15 is 0 Å². The first kappa shape index (κ1) is 14.3. The molecule has 0 spiro atoms. The maximum absolute atomic E-state index is 8.95. The second-order valence-electron chi connectivity index (χ2n) is 2.87. The molecule has 0 aliphatic rings. The van der Waals surface area contributed by atoms with Gasteiger partial charge in [0.1, 0.15) is 0 Å². The minimum atomic E-state index is 0.375. The number of methoxy groups -OCH3 is 3. The fraction of sp³-hybridized carbons (Fsp3) is 0.417. The summed E-state index contributed by atoms with van der Waals surface area (Å²) in [6, 6.07) is 5.97. The van der Waals surface area contributed by atoms with Crippen molar-refractivity contribution in [1.82, 2.24) is 0 Å². The minimum absolute atomic E-state index is 0.375. The van der Waals surface area contributed by atoms with Crippen LogP contribution in [-0.2, 0) is 16.0 Å². The smallest absolute Gasteiger partial charge is 0.292 e. The van der Waals surface area contributed by atoms with Crippen molar-refractivity contribution in [2.45, 2.75) is 13.3 Å². The van der Waals surface area contributed by atoms with E-state index in [-0.39, 0.29) is 0 Å². The van der Waals surface area contributed by atoms with E-state index in [0.717, 1.165) is 17.9 Å². The Labute approximate surface area is 96.1 Å². The number of benzene rings is 1. The van der Waals surface area contributed by atoms with Crippen LogP contribution >= 0.6 is 0 Å². The average molecular weight is 226 g/mol. The molecule has 90 valence electrons. The molecule has 1 aromatic carbocycles. The van der Waals surface area contributed by atoms with Crippen LogP contribution in [0.3, 0.4) is 0 Å². The molecule has 0 heterocycles. The third-order valence-electron chi connectivity index (χ3n) is 1.95. The molecule has 0 aromatic heterocycles. The topological polar surface area (TPSA) is 44.8 Å². The van der Waals surface area contributed by atoms with Gasteiger partial charge in [-0.1, -0.05) is 13.0 Å². The maximum atomic E-state index is 8.95. The van der Waals surface area contributed by atoms with Gasteiger partial charge in [0.2, 0.25) is 0 Å². The number of hydrogen-bond donors (Lipinski definition) is 0. The Kier molecular flexibility index (Phi) is 7.67. The summed E-state index contributed by atoms with van der Waals surface area (Å²) in [5.74, 6) is 1.59. The molecular weight excluding hydrogens is 208 g/mol. The third kappa shape index (κ3) is 4.68. The van der Waals surface area contributed by atoms with Gasteiger partial charge in [0, 0.05) is 0 Å². The Morgan fingerprint density at radius 3 is 2.06 bits per heavy atom. The molecule has 0 N–H and O–H groups in total. The van der Waals surface area contributed by atoms with Gasteiger partial charge in [-0.2, -0.15) is 0 Å². The van der Waals surface area contributed by atoms with Gasteiger partial charge >= 0.3 is 0 Å². The standard InChI is InChI=1S/C10H14O2.C2H4O2/c1-4-8-5-6-9(11-2)10(7-8)12-3;1-4-2-3/h5-7H,4H2,1-3H3;2H,1H3. The minimum Gasteiger partial charge on any atom is -0.493 e. The average Bonchev–Trinajstić information content (AvgIpc) is 2.38. The predicted molar refractivity (Wildman–Crippen MR) is 62.0 cm³/mol. The summed E-state index contributed by atoms with van der Waals surface area (Å²) in [7, 11) is 4.60. The van der Waals surface area contributed by atoms with Crippen molar-refractivity contribution in [1.29, 1.82) is 0 Å². The number of rotatable bonds is 4. The van der Waals surface area contributed by atoms with E-state index in [4.69, 9.17) is 14.3 Å². The molecule has 0 unspecified atom stereocenters. The Hall–Kier alpha value is -1.71. The highest BCUT2D eigenvalue weighted by Crippen LogP contribution is 2.27. The zero-order valence-corrected chi connectivity index (χ0v) is 10.1. The second kappa shape index (κ2) is 8.59. The van der Waals surface area contributed by atoms with E-state index < -0.39 is 0 Å². The Morgan fingerprint density at radius 1 is 1.12 bits per heavy atom. The fourth-order valence-electron chi connectivity index (χ4n) is 1.10. The van der Waals surface area contributed by atoms with Crippen LogP contribution in [0, 0.1) is 0 Å². The summed E-state index contributed by atoms with van der Waals surface area (Å²) in [6.45, 7) is 2.49. The van der Waals surface area contributed by atoms with Crippen LogP contribution in [0.5, 0.6) is 11.5 Å². The number of carbonyl (C=O) groups excluding carboxylic acids is 1. The molecule has 0 radical (unpaired) electrons. The largest absolute Gasteiger partial charge is 0.493 e. The molecule has 0 aliphatic heterocycles. The van der Waals surface area contributed by atoms with E-state index in [1.165, 1.54) is 12.7 Å². The molecule has 1 rings (SSSR count). The molecular formula is C12H18O4. The normalized spacial score (nSPS) is 8.50. The lowest BCUT2D eigenvalue weighted by Gasteiger charge is -2.07. The van der Waals surface area contributed by atoms with Crippen molar-refractivity contribution in [3.8, 4) is 11.5 Å². The quantitative estimate of drug-likeness (QED) is 0.737. The van der Waals surface area contributed by atoms with Crippen LogP contribution < -0.4 is 9.47 Å². The van der Waals surface area contributed by atoms with Crippen LogP contribution in [-0.4, -0.2) is 27.8 Å². The predicted octanol–water partition coefficient (Wildman–Crippen LogP) is 2.06. The van der Waals surface area contributed by atoms with Gasteiger partial charge in [-0.25, -0.2) is 0 Å². The molecule has 16 heavy (non-hydrogen) atoms. The van der Waals surface area contributed by atoms with Crippen LogP contribution in [0.4, 0.5) is 0 Å². The van der Waals surface area contributed by atoms with Crippen molar-refractivity contribution < 1.29 is 19.0 Å². The molecule has 1 aromatic rings. The SMILES string of the molecule is CCc1ccc(OC)c(OC)c1.COC=O. The summed E-state index contributed by atoms with van der Waals surface area (Å²) < 4.78 is 14.1. The zero-order valence-electron chi connectivity index (χ0n) is 10.1. The Bertz CT molecular complexity index is 310. The van der Waals surface area contributed by atoms with E-state index in [0.29, 0.717) is 6.47 Å². The molecule has 4 nitrogen and oxygen atoms in total. The summed E-state index contributed by atoms with van der Waals surface area (Å²) in [6.07, 6.45) is 1.01. The van der Waals surface area contributed by atoms with E-state index in [1.54, 1.807) is 14.2 Å². The fourth-order valence-corrected chi connectivity index (χ4v) is 1.10. The van der Waals surface area contributed by atoms with Crippen LogP contribution in [0.25, 0.3) is 0 Å². The maximum Gasteiger partial charge on any atom is 0.292 e. The molecule has 4 heteroatoms. The lowest BCUT2D eigenvalue weighted by atomic mass is 10.1. The van der Waals surface area contributed by atoms with Gasteiger partial charge < -0.3 is 14.2 Å². The highest BCUT2D eigenvalue weighted by Gasteiger charge is 2.02. The highest BCUT2D eigenvalue weighted by molar-refractivity contribution is 5.42. The van der Waals surface area contributed by atoms with Crippen molar-refractivity contribution >= 4 is 6.47 Å². The van der Waals surface area contributed by atoms with Crippen molar-refractivity contribution in [2.24, 2.45) is 0 Å². The molecule has 0 saturated carbocycles. The summed E-state index contributed by atoms with van der Waals surface area (Å²) in [5, 5.41) is 0. The van der Waals surface area contributed by atoms with E-state index in [2.05, 4.69) is 11.7 Å². The van der Waals surface area contributed by atoms with E-state index in [9.17, 15) is 0 Å². The lowest BCUT2D eigenvalue weighted by molar-refractivity contribution is -0.126. The number of aryl methyl sites for hydroxylation is 1. The van der Waals surface area contributed by atoms with Crippen molar-refractivity contribution in [3.05, 3.63) is 23.8 Å². The van der Waals surface area contributed by atoms with Crippen LogP contribution in [0.15, 0.2) is 18.2 Å². The number of hydrogen-bond acceptors (Lipinski definition) is 4. The lowest BCUT2D eigenvalue weighted by Crippen LogP contribution is -1.91. The Balaban J connectivity index is 0.000000487. The third-order valence-corrected chi connectivity index (χ3v) is 1.95. The molecule has 0 fully saturated rings. The summed E-state index contributed by atoms with van der Waals surface area (Å²) in [4.78, 5) is 8.95. The monoisotopic (exact) mass is 226 g/mol. The first-order chi connectivity index (χ1) is 7.73. The molecule has 0 amide bonds. The summed E-state index contributed by atoms with van der Waals surface area (Å²) in [5.41, 5.74) is 1.26.